The topological polar surface area (TPSA) is 69.7 Å². The number of alkyl halides is 3. The quantitative estimate of drug-likeness (QED) is 0.534. The smallest absolute Gasteiger partial charge is 0.496 e. The van der Waals surface area contributed by atoms with Crippen molar-refractivity contribution in [3.63, 3.8) is 0 Å². The first-order chi connectivity index (χ1) is 11.9. The number of halogens is 3. The standard InChI is InChI=1S/C16H17F3O5S2/c1-23-15-9-8-12(11-6-4-5-7-13(11)15)14(20)10-25(2,3)24-26(21,22)16(17,18)19/h4-9H,10H2,1-3H3. The largest absolute Gasteiger partial charge is 0.523 e. The molecule has 0 aromatic heterocycles. The summed E-state index contributed by atoms with van der Waals surface area (Å²) in [5, 5.41) is 1.23. The van der Waals surface area contributed by atoms with E-state index in [1.54, 1.807) is 30.3 Å². The van der Waals surface area contributed by atoms with Gasteiger partial charge >= 0.3 is 15.6 Å². The molecule has 10 heteroatoms. The summed E-state index contributed by atoms with van der Waals surface area (Å²) in [5.74, 6) is -0.445. The first kappa shape index (κ1) is 20.5. The number of carbonyl (C=O) groups is 1. The van der Waals surface area contributed by atoms with Gasteiger partial charge in [-0.15, -0.1) is 10.3 Å². The molecule has 0 fully saturated rings. The van der Waals surface area contributed by atoms with Gasteiger partial charge in [-0.3, -0.25) is 4.79 Å². The maximum Gasteiger partial charge on any atom is 0.523 e. The summed E-state index contributed by atoms with van der Waals surface area (Å²) in [6.07, 6.45) is 2.39. The molecule has 26 heavy (non-hydrogen) atoms. The minimum atomic E-state index is -5.77. The van der Waals surface area contributed by atoms with Crippen molar-refractivity contribution in [2.75, 3.05) is 25.4 Å². The van der Waals surface area contributed by atoms with Gasteiger partial charge in [0.05, 0.1) is 12.9 Å². The fraction of sp³-hybridized carbons (Fsp3) is 0.312. The Bertz CT molecular complexity index is 937. The van der Waals surface area contributed by atoms with Crippen molar-refractivity contribution >= 4 is 37.0 Å². The van der Waals surface area contributed by atoms with Crippen molar-refractivity contribution in [2.24, 2.45) is 0 Å². The highest BCUT2D eigenvalue weighted by atomic mass is 32.3. The number of ether oxygens (including phenoxy) is 1. The lowest BCUT2D eigenvalue weighted by molar-refractivity contribution is -0.0496. The normalized spacial score (nSPS) is 13.6. The van der Waals surface area contributed by atoms with E-state index in [0.29, 0.717) is 16.5 Å². The molecule has 0 aliphatic rings. The van der Waals surface area contributed by atoms with Gasteiger partial charge in [-0.1, -0.05) is 24.3 Å². The molecule has 0 saturated carbocycles. The summed E-state index contributed by atoms with van der Waals surface area (Å²) < 4.78 is 69.6. The van der Waals surface area contributed by atoms with E-state index in [2.05, 4.69) is 3.63 Å². The third-order valence-electron chi connectivity index (χ3n) is 3.44. The monoisotopic (exact) mass is 410 g/mol. The summed E-state index contributed by atoms with van der Waals surface area (Å²) in [5.41, 5.74) is -5.28. The molecule has 0 aliphatic heterocycles. The third kappa shape index (κ3) is 4.30. The summed E-state index contributed by atoms with van der Waals surface area (Å²) in [4.78, 5) is 12.6. The number of hydrogen-bond donors (Lipinski definition) is 0. The van der Waals surface area contributed by atoms with Gasteiger partial charge in [0.15, 0.2) is 5.78 Å². The second kappa shape index (κ2) is 7.09. The van der Waals surface area contributed by atoms with E-state index in [1.165, 1.54) is 25.7 Å². The third-order valence-corrected chi connectivity index (χ3v) is 7.15. The van der Waals surface area contributed by atoms with Crippen molar-refractivity contribution in [2.45, 2.75) is 5.51 Å². The van der Waals surface area contributed by atoms with Crippen LogP contribution < -0.4 is 4.74 Å². The number of carbonyl (C=O) groups excluding carboxylic acids is 1. The van der Waals surface area contributed by atoms with E-state index in [1.807, 2.05) is 0 Å². The van der Waals surface area contributed by atoms with E-state index < -0.39 is 37.5 Å². The summed E-state index contributed by atoms with van der Waals surface area (Å²) in [6.45, 7) is 0. The fourth-order valence-electron chi connectivity index (χ4n) is 2.39. The molecule has 144 valence electrons. The SMILES string of the molecule is COc1ccc(C(=O)CS(C)(C)OS(=O)(=O)C(F)(F)F)c2ccccc12. The van der Waals surface area contributed by atoms with Crippen LogP contribution in [0.2, 0.25) is 0 Å². The molecule has 0 amide bonds. The lowest BCUT2D eigenvalue weighted by Gasteiger charge is -2.29. The minimum Gasteiger partial charge on any atom is -0.496 e. The van der Waals surface area contributed by atoms with E-state index in [9.17, 15) is 26.4 Å². The van der Waals surface area contributed by atoms with E-state index in [4.69, 9.17) is 4.74 Å². The predicted octanol–water partition coefficient (Wildman–Crippen LogP) is 3.88. The van der Waals surface area contributed by atoms with Crippen molar-refractivity contribution in [1.29, 1.82) is 0 Å². The van der Waals surface area contributed by atoms with Crippen LogP contribution in [0.4, 0.5) is 13.2 Å². The molecule has 0 aliphatic carbocycles. The highest BCUT2D eigenvalue weighted by Crippen LogP contribution is 2.47. The molecule has 2 rings (SSSR count). The van der Waals surface area contributed by atoms with Gasteiger partial charge < -0.3 is 4.74 Å². The molecule has 0 bridgehead atoms. The van der Waals surface area contributed by atoms with Gasteiger partial charge in [0.1, 0.15) is 5.75 Å². The van der Waals surface area contributed by atoms with Crippen LogP contribution in [0.25, 0.3) is 10.8 Å². The number of rotatable bonds is 6. The van der Waals surface area contributed by atoms with Gasteiger partial charge in [-0.05, 0) is 30.0 Å². The van der Waals surface area contributed by atoms with Gasteiger partial charge in [0.2, 0.25) is 0 Å². The molecule has 2 aromatic carbocycles. The molecular formula is C16H17F3O5S2. The first-order valence-corrected chi connectivity index (χ1v) is 11.2. The number of ketones is 1. The Kier molecular flexibility index (Phi) is 5.60. The van der Waals surface area contributed by atoms with E-state index in [-0.39, 0.29) is 5.56 Å². The maximum absolute atomic E-state index is 12.6. The molecule has 0 unspecified atom stereocenters. The highest BCUT2D eigenvalue weighted by molar-refractivity contribution is 8.32. The fourth-order valence-corrected chi connectivity index (χ4v) is 5.62. The Morgan fingerprint density at radius 2 is 1.62 bits per heavy atom. The van der Waals surface area contributed by atoms with Crippen molar-refractivity contribution in [3.05, 3.63) is 42.0 Å². The van der Waals surface area contributed by atoms with E-state index >= 15 is 0 Å². The Labute approximate surface area is 150 Å². The van der Waals surface area contributed by atoms with Gasteiger partial charge in [-0.2, -0.15) is 21.6 Å². The molecule has 0 spiro atoms. The number of Topliss-reactive ketones (excluding diaryl/α,β-unsaturated/α-hetero) is 1. The molecular weight excluding hydrogens is 393 g/mol. The van der Waals surface area contributed by atoms with Crippen LogP contribution in [0.3, 0.4) is 0 Å². The van der Waals surface area contributed by atoms with Crippen LogP contribution in [0.1, 0.15) is 10.4 Å². The van der Waals surface area contributed by atoms with Crippen LogP contribution in [0.15, 0.2) is 36.4 Å². The van der Waals surface area contributed by atoms with Crippen molar-refractivity contribution < 1.29 is 34.7 Å². The molecule has 0 N–H and O–H groups in total. The number of hydrogen-bond acceptors (Lipinski definition) is 5. The second-order valence-electron chi connectivity index (χ2n) is 5.83. The van der Waals surface area contributed by atoms with Gasteiger partial charge in [-0.25, -0.2) is 3.63 Å². The molecule has 5 nitrogen and oxygen atoms in total. The summed E-state index contributed by atoms with van der Waals surface area (Å²) >= 11 is 0. The first-order valence-electron chi connectivity index (χ1n) is 7.20. The Morgan fingerprint density at radius 1 is 1.04 bits per heavy atom. The van der Waals surface area contributed by atoms with Crippen LogP contribution >= 0.6 is 10.3 Å². The minimum absolute atomic E-state index is 0.259. The Balaban J connectivity index is 2.35. The van der Waals surface area contributed by atoms with Crippen LogP contribution in [0.5, 0.6) is 5.75 Å². The molecule has 0 saturated heterocycles. The molecule has 2 aromatic rings. The number of benzene rings is 2. The lowest BCUT2D eigenvalue weighted by Crippen LogP contribution is -2.28. The number of methoxy groups -OCH3 is 1. The predicted molar refractivity (Wildman–Crippen MR) is 95.2 cm³/mol. The zero-order chi connectivity index (χ0) is 19.8. The van der Waals surface area contributed by atoms with Crippen molar-refractivity contribution in [1.82, 2.24) is 0 Å². The second-order valence-corrected chi connectivity index (χ2v) is 10.9. The lowest BCUT2D eigenvalue weighted by atomic mass is 10.0. The Morgan fingerprint density at radius 3 is 2.15 bits per heavy atom. The summed E-state index contributed by atoms with van der Waals surface area (Å²) in [6, 6.07) is 9.96. The van der Waals surface area contributed by atoms with Crippen LogP contribution in [-0.2, 0) is 13.7 Å². The van der Waals surface area contributed by atoms with Crippen LogP contribution in [-0.4, -0.2) is 45.1 Å². The van der Waals surface area contributed by atoms with Crippen molar-refractivity contribution in [3.8, 4) is 5.75 Å². The molecule has 0 atom stereocenters. The zero-order valence-electron chi connectivity index (χ0n) is 14.2. The molecule has 0 radical (unpaired) electrons. The van der Waals surface area contributed by atoms with E-state index in [0.717, 1.165) is 0 Å². The van der Waals surface area contributed by atoms with Gasteiger partial charge in [0, 0.05) is 10.9 Å². The maximum atomic E-state index is 12.6. The van der Waals surface area contributed by atoms with Gasteiger partial charge in [0.25, 0.3) is 0 Å². The molecule has 0 heterocycles. The Hall–Kier alpha value is -1.78. The zero-order valence-corrected chi connectivity index (χ0v) is 15.8. The average Bonchev–Trinajstić information content (AvgIpc) is 2.51. The number of fused-ring (bicyclic) bond motifs is 1. The average molecular weight is 410 g/mol. The summed E-state index contributed by atoms with van der Waals surface area (Å²) in [7, 11) is -7.14. The highest BCUT2D eigenvalue weighted by Gasteiger charge is 2.49. The van der Waals surface area contributed by atoms with Crippen LogP contribution in [0, 0.1) is 0 Å².